The van der Waals surface area contributed by atoms with Crippen LogP contribution in [0.15, 0.2) is 16.6 Å². The average Bonchev–Trinajstić information content (AvgIpc) is 2.55. The molecule has 0 saturated heterocycles. The lowest BCUT2D eigenvalue weighted by Gasteiger charge is -2.65. The first-order valence-electron chi connectivity index (χ1n) is 10.2. The molecule has 2 atom stereocenters. The van der Waals surface area contributed by atoms with Crippen LogP contribution in [0.2, 0.25) is 0 Å². The van der Waals surface area contributed by atoms with Crippen LogP contribution in [0.25, 0.3) is 0 Å². The van der Waals surface area contributed by atoms with Crippen LogP contribution in [-0.4, -0.2) is 25.2 Å². The average molecular weight is 451 g/mol. The predicted molar refractivity (Wildman–Crippen MR) is 112 cm³/mol. The number of nitrogens with one attached hydrogen (secondary N) is 1. The van der Waals surface area contributed by atoms with Crippen molar-refractivity contribution in [1.82, 2.24) is 5.32 Å². The lowest BCUT2D eigenvalue weighted by atomic mass is 9.43. The van der Waals surface area contributed by atoms with E-state index in [9.17, 15) is 4.79 Å². The van der Waals surface area contributed by atoms with E-state index in [0.717, 1.165) is 22.5 Å². The molecule has 0 aliphatic heterocycles. The van der Waals surface area contributed by atoms with Crippen molar-refractivity contribution in [3.8, 4) is 11.5 Å². The number of methoxy groups -OCH3 is 1. The van der Waals surface area contributed by atoms with Crippen molar-refractivity contribution in [1.29, 1.82) is 0 Å². The van der Waals surface area contributed by atoms with Crippen LogP contribution in [0.1, 0.15) is 57.9 Å². The van der Waals surface area contributed by atoms with E-state index in [-0.39, 0.29) is 12.1 Å². The van der Waals surface area contributed by atoms with Crippen molar-refractivity contribution < 1.29 is 14.3 Å². The summed E-state index contributed by atoms with van der Waals surface area (Å²) in [6.45, 7) is 5.62. The second-order valence-corrected chi connectivity index (χ2v) is 11.0. The minimum Gasteiger partial charge on any atom is -0.493 e. The van der Waals surface area contributed by atoms with Gasteiger partial charge in [-0.1, -0.05) is 13.8 Å². The minimum absolute atomic E-state index is 0.172. The van der Waals surface area contributed by atoms with Gasteiger partial charge in [0.2, 0.25) is 0 Å². The molecule has 6 heteroatoms. The van der Waals surface area contributed by atoms with Crippen LogP contribution in [0.3, 0.4) is 0 Å². The Bertz CT molecular complexity index is 778. The molecule has 4 aliphatic rings. The second-order valence-electron chi connectivity index (χ2n) is 10.1. The zero-order chi connectivity index (χ0) is 20.2. The van der Waals surface area contributed by atoms with Crippen molar-refractivity contribution in [2.24, 2.45) is 22.5 Å². The third kappa shape index (κ3) is 3.78. The summed E-state index contributed by atoms with van der Waals surface area (Å²) >= 11 is 3.55. The van der Waals surface area contributed by atoms with Crippen molar-refractivity contribution in [2.75, 3.05) is 13.7 Å². The normalized spacial score (nSPS) is 35.8. The van der Waals surface area contributed by atoms with Crippen molar-refractivity contribution in [3.05, 3.63) is 22.2 Å². The number of hydrogen-bond donors (Lipinski definition) is 2. The number of amides is 1. The zero-order valence-electron chi connectivity index (χ0n) is 17.1. The highest BCUT2D eigenvalue weighted by Gasteiger charge is 2.59. The van der Waals surface area contributed by atoms with Gasteiger partial charge < -0.3 is 20.5 Å². The van der Waals surface area contributed by atoms with Crippen LogP contribution in [-0.2, 0) is 11.3 Å². The molecule has 4 fully saturated rings. The highest BCUT2D eigenvalue weighted by Crippen LogP contribution is 2.66. The van der Waals surface area contributed by atoms with E-state index in [4.69, 9.17) is 15.2 Å². The molecule has 0 spiro atoms. The van der Waals surface area contributed by atoms with Crippen LogP contribution in [0.5, 0.6) is 11.5 Å². The minimum atomic E-state index is -0.511. The molecule has 0 radical (unpaired) electrons. The third-order valence-corrected chi connectivity index (χ3v) is 7.53. The Morgan fingerprint density at radius 1 is 1.21 bits per heavy atom. The summed E-state index contributed by atoms with van der Waals surface area (Å²) in [5.74, 6) is 1.48. The summed E-state index contributed by atoms with van der Waals surface area (Å²) in [5.41, 5.74) is 7.57. The SMILES string of the molecule is COc1cc(CNC23CC4C[C@@](C)(C2)C[C@@](C)(C4)C3)cc(Br)c1OCC(N)=O. The summed E-state index contributed by atoms with van der Waals surface area (Å²) in [7, 11) is 1.61. The molecule has 0 heterocycles. The summed E-state index contributed by atoms with van der Waals surface area (Å²) in [6.07, 6.45) is 8.05. The molecule has 4 saturated carbocycles. The standard InChI is InChI=1S/C22H31BrN2O3/c1-20-6-15-7-21(2,11-20)13-22(8-15,12-20)25-9-14-4-16(23)19(17(5-14)27-3)28-10-18(24)26/h4-5,15,25H,6-13H2,1-3H3,(H2,24,26)/t15?,20-,21-,22?/m1/s1. The molecule has 154 valence electrons. The molecule has 3 N–H and O–H groups in total. The fourth-order valence-corrected chi connectivity index (χ4v) is 7.70. The number of carbonyl (C=O) groups excluding carboxylic acids is 1. The molecular formula is C22H31BrN2O3. The van der Waals surface area contributed by atoms with Crippen molar-refractivity contribution in [2.45, 2.75) is 64.5 Å². The number of benzene rings is 1. The second kappa shape index (κ2) is 6.91. The van der Waals surface area contributed by atoms with E-state index in [1.807, 2.05) is 12.1 Å². The van der Waals surface area contributed by atoms with Gasteiger partial charge in [-0.2, -0.15) is 0 Å². The van der Waals surface area contributed by atoms with Gasteiger partial charge in [-0.3, -0.25) is 4.79 Å². The molecule has 4 bridgehead atoms. The first kappa shape index (κ1) is 20.0. The fourth-order valence-electron chi connectivity index (χ4n) is 7.09. The van der Waals surface area contributed by atoms with Gasteiger partial charge in [-0.15, -0.1) is 0 Å². The number of primary amides is 1. The smallest absolute Gasteiger partial charge is 0.255 e. The molecule has 5 rings (SSSR count). The van der Waals surface area contributed by atoms with E-state index < -0.39 is 5.91 Å². The van der Waals surface area contributed by atoms with E-state index in [1.54, 1.807) is 7.11 Å². The number of hydrogen-bond acceptors (Lipinski definition) is 4. The number of rotatable bonds is 7. The van der Waals surface area contributed by atoms with E-state index in [0.29, 0.717) is 22.3 Å². The molecular weight excluding hydrogens is 420 g/mol. The number of ether oxygens (including phenoxy) is 2. The van der Waals surface area contributed by atoms with Gasteiger partial charge in [0, 0.05) is 12.1 Å². The van der Waals surface area contributed by atoms with Gasteiger partial charge in [0.05, 0.1) is 11.6 Å². The topological polar surface area (TPSA) is 73.6 Å². The quantitative estimate of drug-likeness (QED) is 0.653. The highest BCUT2D eigenvalue weighted by atomic mass is 79.9. The monoisotopic (exact) mass is 450 g/mol. The Morgan fingerprint density at radius 2 is 1.89 bits per heavy atom. The Morgan fingerprint density at radius 3 is 2.46 bits per heavy atom. The first-order chi connectivity index (χ1) is 13.1. The van der Waals surface area contributed by atoms with Gasteiger partial charge in [0.25, 0.3) is 5.91 Å². The summed E-state index contributed by atoms with van der Waals surface area (Å²) in [6, 6.07) is 4.02. The van der Waals surface area contributed by atoms with Crippen LogP contribution in [0.4, 0.5) is 0 Å². The molecule has 28 heavy (non-hydrogen) atoms. The predicted octanol–water partition coefficient (Wildman–Crippen LogP) is 4.16. The molecule has 1 aromatic carbocycles. The zero-order valence-corrected chi connectivity index (χ0v) is 18.7. The van der Waals surface area contributed by atoms with Crippen LogP contribution < -0.4 is 20.5 Å². The lowest BCUT2D eigenvalue weighted by Crippen LogP contribution is -2.63. The molecule has 5 nitrogen and oxygen atoms in total. The highest BCUT2D eigenvalue weighted by molar-refractivity contribution is 9.10. The Hall–Kier alpha value is -1.27. The van der Waals surface area contributed by atoms with Crippen molar-refractivity contribution >= 4 is 21.8 Å². The maximum atomic E-state index is 11.0. The lowest BCUT2D eigenvalue weighted by molar-refractivity contribution is -0.120. The molecule has 1 amide bonds. The van der Waals surface area contributed by atoms with Gasteiger partial charge in [-0.05, 0) is 88.9 Å². The van der Waals surface area contributed by atoms with E-state index in [2.05, 4.69) is 35.1 Å². The largest absolute Gasteiger partial charge is 0.493 e. The molecule has 0 unspecified atom stereocenters. The van der Waals surface area contributed by atoms with Crippen molar-refractivity contribution in [3.63, 3.8) is 0 Å². The molecule has 1 aromatic rings. The number of halogens is 1. The number of nitrogens with two attached hydrogens (primary N) is 1. The van der Waals surface area contributed by atoms with Crippen LogP contribution >= 0.6 is 15.9 Å². The Labute approximate surface area is 175 Å². The first-order valence-corrected chi connectivity index (χ1v) is 11.0. The summed E-state index contributed by atoms with van der Waals surface area (Å²) in [4.78, 5) is 11.0. The van der Waals surface area contributed by atoms with Gasteiger partial charge in [0.1, 0.15) is 0 Å². The maximum Gasteiger partial charge on any atom is 0.255 e. The van der Waals surface area contributed by atoms with Gasteiger partial charge in [0.15, 0.2) is 18.1 Å². The fraction of sp³-hybridized carbons (Fsp3) is 0.682. The number of carbonyl (C=O) groups is 1. The van der Waals surface area contributed by atoms with Crippen LogP contribution in [0, 0.1) is 16.7 Å². The van der Waals surface area contributed by atoms with Gasteiger partial charge in [-0.25, -0.2) is 0 Å². The molecule has 4 aliphatic carbocycles. The Balaban J connectivity index is 1.51. The van der Waals surface area contributed by atoms with E-state index in [1.165, 1.54) is 38.5 Å². The summed E-state index contributed by atoms with van der Waals surface area (Å²) in [5, 5.41) is 3.95. The molecule has 0 aromatic heterocycles. The Kier molecular flexibility index (Phi) is 4.94. The summed E-state index contributed by atoms with van der Waals surface area (Å²) < 4.78 is 11.8. The van der Waals surface area contributed by atoms with Gasteiger partial charge >= 0.3 is 0 Å². The van der Waals surface area contributed by atoms with E-state index >= 15 is 0 Å². The third-order valence-electron chi connectivity index (χ3n) is 6.94. The maximum absolute atomic E-state index is 11.0.